The van der Waals surface area contributed by atoms with Gasteiger partial charge in [0.2, 0.25) is 0 Å². The third-order valence-corrected chi connectivity index (χ3v) is 4.17. The van der Waals surface area contributed by atoms with E-state index in [1.54, 1.807) is 45.4 Å². The van der Waals surface area contributed by atoms with E-state index in [4.69, 9.17) is 16.0 Å². The van der Waals surface area contributed by atoms with Crippen LogP contribution in [0.2, 0.25) is 5.02 Å². The maximum Gasteiger partial charge on any atom is 0.274 e. The largest absolute Gasteiger partial charge is 0.467 e. The highest BCUT2D eigenvalue weighted by Crippen LogP contribution is 2.21. The number of anilines is 1. The molecule has 3 heterocycles. The second-order valence-electron chi connectivity index (χ2n) is 6.44. The number of furan rings is 1. The van der Waals surface area contributed by atoms with Gasteiger partial charge in [0.15, 0.2) is 5.69 Å². The number of hydrogen-bond acceptors (Lipinski definition) is 5. The molecule has 9 nitrogen and oxygen atoms in total. The minimum absolute atomic E-state index is 0.103. The molecular weight excluding hydrogens is 372 g/mol. The first-order valence-corrected chi connectivity index (χ1v) is 8.51. The first-order chi connectivity index (χ1) is 12.8. The average Bonchev–Trinajstić information content (AvgIpc) is 3.34. The first-order valence-electron chi connectivity index (χ1n) is 8.13. The Morgan fingerprint density at radius 3 is 2.74 bits per heavy atom. The van der Waals surface area contributed by atoms with Crippen LogP contribution in [0, 0.1) is 0 Å². The van der Waals surface area contributed by atoms with E-state index >= 15 is 0 Å². The summed E-state index contributed by atoms with van der Waals surface area (Å²) in [5.74, 6) is -0.181. The lowest BCUT2D eigenvalue weighted by Crippen LogP contribution is -2.41. The van der Waals surface area contributed by atoms with Gasteiger partial charge in [-0.3, -0.25) is 19.0 Å². The van der Waals surface area contributed by atoms with Crippen LogP contribution in [0.15, 0.2) is 41.4 Å². The van der Waals surface area contributed by atoms with Crippen LogP contribution >= 0.6 is 11.6 Å². The maximum atomic E-state index is 12.8. The molecule has 0 aliphatic rings. The van der Waals surface area contributed by atoms with Crippen molar-refractivity contribution in [2.75, 3.05) is 5.32 Å². The molecule has 0 aliphatic heterocycles. The smallest absolute Gasteiger partial charge is 0.274 e. The Morgan fingerprint density at radius 1 is 1.33 bits per heavy atom. The fourth-order valence-corrected chi connectivity index (χ4v) is 2.53. The van der Waals surface area contributed by atoms with Gasteiger partial charge in [0, 0.05) is 19.4 Å². The van der Waals surface area contributed by atoms with Gasteiger partial charge < -0.3 is 15.1 Å². The van der Waals surface area contributed by atoms with Crippen LogP contribution in [0.25, 0.3) is 0 Å². The number of carbonyl (C=O) groups excluding carboxylic acids is 2. The van der Waals surface area contributed by atoms with E-state index in [1.165, 1.54) is 21.8 Å². The second-order valence-corrected chi connectivity index (χ2v) is 6.88. The Balaban J connectivity index is 1.75. The number of halogens is 1. The van der Waals surface area contributed by atoms with Gasteiger partial charge >= 0.3 is 0 Å². The molecule has 10 heteroatoms. The quantitative estimate of drug-likeness (QED) is 0.670. The molecule has 0 saturated heterocycles. The maximum absolute atomic E-state index is 12.8. The Morgan fingerprint density at radius 2 is 2.11 bits per heavy atom. The summed E-state index contributed by atoms with van der Waals surface area (Å²) >= 11 is 5.89. The summed E-state index contributed by atoms with van der Waals surface area (Å²) in [7, 11) is 1.66. The number of nitrogens with zero attached hydrogens (tertiary/aromatic N) is 4. The molecule has 0 bridgehead atoms. The summed E-state index contributed by atoms with van der Waals surface area (Å²) in [6.45, 7) is 3.60. The third-order valence-electron chi connectivity index (χ3n) is 3.97. The molecule has 0 fully saturated rings. The molecule has 0 atom stereocenters. The van der Waals surface area contributed by atoms with Gasteiger partial charge in [-0.05, 0) is 26.0 Å². The van der Waals surface area contributed by atoms with Crippen molar-refractivity contribution in [2.24, 2.45) is 7.05 Å². The molecule has 142 valence electrons. The highest BCUT2D eigenvalue weighted by molar-refractivity contribution is 6.30. The lowest BCUT2D eigenvalue weighted by molar-refractivity contribution is -0.123. The molecule has 2 N–H and O–H groups in total. The summed E-state index contributed by atoms with van der Waals surface area (Å²) < 4.78 is 8.09. The normalized spacial score (nSPS) is 11.4. The Hall–Kier alpha value is -3.07. The minimum atomic E-state index is -1.02. The van der Waals surface area contributed by atoms with E-state index in [9.17, 15) is 9.59 Å². The number of amides is 2. The van der Waals surface area contributed by atoms with Crippen LogP contribution in [0.5, 0.6) is 0 Å². The predicted octanol–water partition coefficient (Wildman–Crippen LogP) is 2.17. The summed E-state index contributed by atoms with van der Waals surface area (Å²) in [5, 5.41) is 14.1. The van der Waals surface area contributed by atoms with Crippen LogP contribution in [0.4, 0.5) is 5.69 Å². The number of rotatable bonds is 6. The summed E-state index contributed by atoms with van der Waals surface area (Å²) in [6.07, 6.45) is 6.10. The van der Waals surface area contributed by atoms with Crippen LogP contribution in [-0.4, -0.2) is 31.4 Å². The minimum Gasteiger partial charge on any atom is -0.467 e. The van der Waals surface area contributed by atoms with Crippen molar-refractivity contribution in [1.82, 2.24) is 24.9 Å². The van der Waals surface area contributed by atoms with Crippen molar-refractivity contribution < 1.29 is 14.0 Å². The van der Waals surface area contributed by atoms with Gasteiger partial charge in [-0.1, -0.05) is 11.6 Å². The number of carbonyl (C=O) groups is 2. The number of aromatic nitrogens is 4. The molecule has 3 aromatic heterocycles. The van der Waals surface area contributed by atoms with Gasteiger partial charge in [0.25, 0.3) is 11.8 Å². The van der Waals surface area contributed by atoms with Crippen molar-refractivity contribution in [2.45, 2.75) is 25.9 Å². The lowest BCUT2D eigenvalue weighted by atomic mass is 10.0. The fourth-order valence-electron chi connectivity index (χ4n) is 2.40. The van der Waals surface area contributed by atoms with Crippen LogP contribution in [-0.2, 0) is 23.9 Å². The Labute approximate surface area is 160 Å². The van der Waals surface area contributed by atoms with E-state index in [2.05, 4.69) is 20.8 Å². The van der Waals surface area contributed by atoms with Crippen LogP contribution in [0.3, 0.4) is 0 Å². The molecule has 0 radical (unpaired) electrons. The van der Waals surface area contributed by atoms with Crippen molar-refractivity contribution in [3.8, 4) is 0 Å². The van der Waals surface area contributed by atoms with Crippen molar-refractivity contribution >= 4 is 29.1 Å². The molecule has 2 amide bonds. The van der Waals surface area contributed by atoms with Gasteiger partial charge in [-0.25, -0.2) is 0 Å². The number of hydrogen-bond donors (Lipinski definition) is 2. The van der Waals surface area contributed by atoms with Gasteiger partial charge in [-0.15, -0.1) is 0 Å². The molecule has 0 aromatic carbocycles. The number of nitrogens with one attached hydrogen (secondary N) is 2. The van der Waals surface area contributed by atoms with E-state index in [0.717, 1.165) is 0 Å². The lowest BCUT2D eigenvalue weighted by Gasteiger charge is -2.24. The molecule has 0 unspecified atom stereocenters. The summed E-state index contributed by atoms with van der Waals surface area (Å²) in [5.41, 5.74) is -0.622. The van der Waals surface area contributed by atoms with Crippen LogP contribution < -0.4 is 10.6 Å². The predicted molar refractivity (Wildman–Crippen MR) is 98.3 cm³/mol. The summed E-state index contributed by atoms with van der Waals surface area (Å²) in [4.78, 5) is 25.2. The highest BCUT2D eigenvalue weighted by Gasteiger charge is 2.32. The van der Waals surface area contributed by atoms with Crippen molar-refractivity contribution in [3.05, 3.63) is 53.5 Å². The van der Waals surface area contributed by atoms with Gasteiger partial charge in [0.05, 0.1) is 29.7 Å². The first kappa shape index (κ1) is 18.7. The SMILES string of the molecule is Cn1cc(NC(=O)C(C)(C)n2cc(Cl)cn2)c(C(=O)NCc2ccco2)n1. The zero-order chi connectivity index (χ0) is 19.6. The molecule has 3 aromatic rings. The van der Waals surface area contributed by atoms with Gasteiger partial charge in [0.1, 0.15) is 11.3 Å². The summed E-state index contributed by atoms with van der Waals surface area (Å²) in [6, 6.07) is 3.48. The van der Waals surface area contributed by atoms with Crippen molar-refractivity contribution in [1.29, 1.82) is 0 Å². The topological polar surface area (TPSA) is 107 Å². The molecule has 3 rings (SSSR count). The van der Waals surface area contributed by atoms with E-state index < -0.39 is 11.4 Å². The highest BCUT2D eigenvalue weighted by atomic mass is 35.5. The fraction of sp³-hybridized carbons (Fsp3) is 0.294. The molecular formula is C17H19ClN6O3. The second kappa shape index (κ2) is 7.28. The van der Waals surface area contributed by atoms with Crippen LogP contribution in [0.1, 0.15) is 30.1 Å². The molecule has 0 spiro atoms. The molecule has 0 aliphatic carbocycles. The Kier molecular flexibility index (Phi) is 5.04. The zero-order valence-electron chi connectivity index (χ0n) is 15.1. The average molecular weight is 391 g/mol. The van der Waals surface area contributed by atoms with E-state index in [1.807, 2.05) is 0 Å². The molecule has 27 heavy (non-hydrogen) atoms. The van der Waals surface area contributed by atoms with E-state index in [-0.39, 0.29) is 18.1 Å². The standard InChI is InChI=1S/C17H19ClN6O3/c1-17(2,24-9-11(18)7-20-24)16(26)21-13-10-23(3)22-14(13)15(25)19-8-12-5-4-6-27-12/h4-7,9-10H,8H2,1-3H3,(H,19,25)(H,21,26). The Bertz CT molecular complexity index is 957. The van der Waals surface area contributed by atoms with E-state index in [0.29, 0.717) is 16.5 Å². The molecule has 0 saturated carbocycles. The van der Waals surface area contributed by atoms with Crippen molar-refractivity contribution in [3.63, 3.8) is 0 Å². The zero-order valence-corrected chi connectivity index (χ0v) is 15.8. The van der Waals surface area contributed by atoms with Gasteiger partial charge in [-0.2, -0.15) is 10.2 Å². The third kappa shape index (κ3) is 4.03. The number of aryl methyl sites for hydroxylation is 1. The monoisotopic (exact) mass is 390 g/mol.